The van der Waals surface area contributed by atoms with Gasteiger partial charge in [-0.25, -0.2) is 0 Å². The minimum absolute atomic E-state index is 0.132. The largest absolute Gasteiger partial charge is 0.317 e. The van der Waals surface area contributed by atoms with Crippen molar-refractivity contribution in [3.8, 4) is 0 Å². The Morgan fingerprint density at radius 1 is 1.22 bits per heavy atom. The molecule has 0 bridgehead atoms. The molecule has 0 unspecified atom stereocenters. The Hall–Kier alpha value is -1.64. The Bertz CT molecular complexity index is 524. The van der Waals surface area contributed by atoms with Gasteiger partial charge in [-0.15, -0.1) is 10.2 Å². The summed E-state index contributed by atoms with van der Waals surface area (Å²) in [7, 11) is 0. The Kier molecular flexibility index (Phi) is 2.69. The van der Waals surface area contributed by atoms with Crippen molar-refractivity contribution in [3.05, 3.63) is 48.0 Å². The minimum atomic E-state index is 0.132. The van der Waals surface area contributed by atoms with E-state index in [9.17, 15) is 0 Å². The molecule has 0 amide bonds. The van der Waals surface area contributed by atoms with Gasteiger partial charge in [0.15, 0.2) is 0 Å². The summed E-state index contributed by atoms with van der Waals surface area (Å²) in [6, 6.07) is 10.7. The zero-order chi connectivity index (χ0) is 12.6. The summed E-state index contributed by atoms with van der Waals surface area (Å²) in [5.74, 6) is 1.76. The molecule has 0 N–H and O–H groups in total. The molecule has 1 aromatic carbocycles. The van der Waals surface area contributed by atoms with Crippen molar-refractivity contribution in [2.24, 2.45) is 5.92 Å². The topological polar surface area (TPSA) is 30.7 Å². The highest BCUT2D eigenvalue weighted by Crippen LogP contribution is 2.52. The van der Waals surface area contributed by atoms with Gasteiger partial charge >= 0.3 is 0 Å². The van der Waals surface area contributed by atoms with Gasteiger partial charge in [-0.3, -0.25) is 0 Å². The third-order valence-electron chi connectivity index (χ3n) is 3.68. The van der Waals surface area contributed by atoms with Crippen LogP contribution in [0.5, 0.6) is 0 Å². The van der Waals surface area contributed by atoms with E-state index in [0.29, 0.717) is 5.92 Å². The minimum Gasteiger partial charge on any atom is -0.317 e. The van der Waals surface area contributed by atoms with Crippen LogP contribution in [0.4, 0.5) is 0 Å². The first-order valence-electron chi connectivity index (χ1n) is 6.66. The van der Waals surface area contributed by atoms with Gasteiger partial charge in [-0.1, -0.05) is 44.2 Å². The van der Waals surface area contributed by atoms with Crippen LogP contribution in [-0.4, -0.2) is 14.8 Å². The highest BCUT2D eigenvalue weighted by Gasteiger charge is 2.49. The fourth-order valence-corrected chi connectivity index (χ4v) is 2.68. The van der Waals surface area contributed by atoms with Crippen molar-refractivity contribution in [3.63, 3.8) is 0 Å². The summed E-state index contributed by atoms with van der Waals surface area (Å²) < 4.78 is 2.23. The van der Waals surface area contributed by atoms with E-state index in [1.165, 1.54) is 18.4 Å². The molecule has 0 aliphatic heterocycles. The lowest BCUT2D eigenvalue weighted by Crippen LogP contribution is -2.18. The van der Waals surface area contributed by atoms with E-state index in [-0.39, 0.29) is 5.41 Å². The summed E-state index contributed by atoms with van der Waals surface area (Å²) in [5, 5.41) is 8.51. The predicted octanol–water partition coefficient (Wildman–Crippen LogP) is 3.01. The molecular weight excluding hydrogens is 222 g/mol. The molecule has 0 atom stereocenters. The van der Waals surface area contributed by atoms with E-state index in [4.69, 9.17) is 0 Å². The van der Waals surface area contributed by atoms with Gasteiger partial charge < -0.3 is 4.57 Å². The number of hydrogen-bond acceptors (Lipinski definition) is 2. The maximum absolute atomic E-state index is 4.39. The van der Waals surface area contributed by atoms with Gasteiger partial charge in [0.2, 0.25) is 0 Å². The first-order chi connectivity index (χ1) is 8.72. The monoisotopic (exact) mass is 241 g/mol. The lowest BCUT2D eigenvalue weighted by atomic mass is 9.95. The van der Waals surface area contributed by atoms with Crippen molar-refractivity contribution in [1.29, 1.82) is 0 Å². The second-order valence-corrected chi connectivity index (χ2v) is 5.65. The number of nitrogens with zero attached hydrogens (tertiary/aromatic N) is 3. The second kappa shape index (κ2) is 4.23. The SMILES string of the molecule is CC(C)Cn1cnnc1C1(c2ccccc2)CC1. The van der Waals surface area contributed by atoms with Crippen molar-refractivity contribution >= 4 is 0 Å². The molecule has 3 rings (SSSR count). The Labute approximate surface area is 108 Å². The quantitative estimate of drug-likeness (QED) is 0.823. The molecule has 94 valence electrons. The van der Waals surface area contributed by atoms with E-state index < -0.39 is 0 Å². The van der Waals surface area contributed by atoms with Crippen LogP contribution in [0.25, 0.3) is 0 Å². The normalized spacial score (nSPS) is 17.1. The van der Waals surface area contributed by atoms with Crippen molar-refractivity contribution in [2.45, 2.75) is 38.6 Å². The molecule has 1 heterocycles. The number of benzene rings is 1. The molecular formula is C15H19N3. The van der Waals surface area contributed by atoms with E-state index >= 15 is 0 Å². The Balaban J connectivity index is 1.98. The average molecular weight is 241 g/mol. The van der Waals surface area contributed by atoms with Crippen LogP contribution in [-0.2, 0) is 12.0 Å². The molecule has 1 aliphatic carbocycles. The van der Waals surface area contributed by atoms with Gasteiger partial charge in [0.05, 0.1) is 5.41 Å². The molecule has 1 fully saturated rings. The zero-order valence-corrected chi connectivity index (χ0v) is 11.0. The molecule has 2 aromatic rings. The lowest BCUT2D eigenvalue weighted by Gasteiger charge is -2.17. The second-order valence-electron chi connectivity index (χ2n) is 5.65. The third kappa shape index (κ3) is 1.84. The fraction of sp³-hybridized carbons (Fsp3) is 0.467. The first-order valence-corrected chi connectivity index (χ1v) is 6.66. The van der Waals surface area contributed by atoms with Crippen molar-refractivity contribution in [1.82, 2.24) is 14.8 Å². The van der Waals surface area contributed by atoms with E-state index in [1.54, 1.807) is 0 Å². The van der Waals surface area contributed by atoms with Crippen LogP contribution < -0.4 is 0 Å². The standard InChI is InChI=1S/C15H19N3/c1-12(2)10-18-11-16-17-14(18)15(8-9-15)13-6-4-3-5-7-13/h3-7,11-12H,8-10H2,1-2H3. The molecule has 3 nitrogen and oxygen atoms in total. The van der Waals surface area contributed by atoms with Crippen molar-refractivity contribution < 1.29 is 0 Å². The van der Waals surface area contributed by atoms with Gasteiger partial charge in [0.25, 0.3) is 0 Å². The molecule has 1 saturated carbocycles. The summed E-state index contributed by atoms with van der Waals surface area (Å²) in [4.78, 5) is 0. The molecule has 0 spiro atoms. The summed E-state index contributed by atoms with van der Waals surface area (Å²) >= 11 is 0. The summed E-state index contributed by atoms with van der Waals surface area (Å²) in [6.07, 6.45) is 4.25. The zero-order valence-electron chi connectivity index (χ0n) is 11.0. The highest BCUT2D eigenvalue weighted by atomic mass is 15.3. The third-order valence-corrected chi connectivity index (χ3v) is 3.68. The van der Waals surface area contributed by atoms with E-state index in [1.807, 2.05) is 6.33 Å². The van der Waals surface area contributed by atoms with Crippen LogP contribution in [0.15, 0.2) is 36.7 Å². The van der Waals surface area contributed by atoms with Crippen LogP contribution in [0, 0.1) is 5.92 Å². The maximum atomic E-state index is 4.39. The Morgan fingerprint density at radius 3 is 2.56 bits per heavy atom. The highest BCUT2D eigenvalue weighted by molar-refractivity contribution is 5.39. The van der Waals surface area contributed by atoms with Gasteiger partial charge in [0.1, 0.15) is 12.2 Å². The van der Waals surface area contributed by atoms with E-state index in [0.717, 1.165) is 12.4 Å². The molecule has 1 aliphatic rings. The fourth-order valence-electron chi connectivity index (χ4n) is 2.68. The predicted molar refractivity (Wildman–Crippen MR) is 71.3 cm³/mol. The molecule has 1 aromatic heterocycles. The van der Waals surface area contributed by atoms with Crippen molar-refractivity contribution in [2.75, 3.05) is 0 Å². The van der Waals surface area contributed by atoms with Crippen LogP contribution in [0.1, 0.15) is 38.1 Å². The molecule has 0 radical (unpaired) electrons. The first kappa shape index (κ1) is 11.5. The van der Waals surface area contributed by atoms with Gasteiger partial charge in [-0.05, 0) is 24.3 Å². The number of aromatic nitrogens is 3. The van der Waals surface area contributed by atoms with E-state index in [2.05, 4.69) is 58.9 Å². The molecule has 3 heteroatoms. The smallest absolute Gasteiger partial charge is 0.143 e. The summed E-state index contributed by atoms with van der Waals surface area (Å²) in [5.41, 5.74) is 1.51. The van der Waals surface area contributed by atoms with Crippen LogP contribution in [0.3, 0.4) is 0 Å². The maximum Gasteiger partial charge on any atom is 0.143 e. The average Bonchev–Trinajstić information content (AvgIpc) is 3.05. The van der Waals surface area contributed by atoms with Gasteiger partial charge in [0, 0.05) is 6.54 Å². The molecule has 0 saturated heterocycles. The molecule has 18 heavy (non-hydrogen) atoms. The van der Waals surface area contributed by atoms with Crippen LogP contribution in [0.2, 0.25) is 0 Å². The Morgan fingerprint density at radius 2 is 1.94 bits per heavy atom. The lowest BCUT2D eigenvalue weighted by molar-refractivity contribution is 0.494. The van der Waals surface area contributed by atoms with Crippen LogP contribution >= 0.6 is 0 Å². The van der Waals surface area contributed by atoms with Gasteiger partial charge in [-0.2, -0.15) is 0 Å². The summed E-state index contributed by atoms with van der Waals surface area (Å²) in [6.45, 7) is 5.45. The number of hydrogen-bond donors (Lipinski definition) is 0. The number of rotatable bonds is 4.